The zero-order chi connectivity index (χ0) is 13.2. The summed E-state index contributed by atoms with van der Waals surface area (Å²) in [5.74, 6) is -0.782. The number of nitrogens with zero attached hydrogens (tertiary/aromatic N) is 1. The van der Waals surface area contributed by atoms with Crippen molar-refractivity contribution in [3.05, 3.63) is 29.4 Å². The van der Waals surface area contributed by atoms with E-state index in [9.17, 15) is 4.79 Å². The molecule has 96 valence electrons. The van der Waals surface area contributed by atoms with Gasteiger partial charge in [0.25, 0.3) is 0 Å². The summed E-state index contributed by atoms with van der Waals surface area (Å²) in [6, 6.07) is 4.10. The molecule has 0 aliphatic carbocycles. The molecule has 4 nitrogen and oxygen atoms in total. The standard InChI is InChI=1S/C13H16N2O2S/c1-13(2,12(16)17)8-15-6-10-5-9-3-4-14-7-11(9)18-10/h3-5,7,15H,6,8H2,1-2H3,(H,16,17). The average molecular weight is 264 g/mol. The van der Waals surface area contributed by atoms with E-state index >= 15 is 0 Å². The van der Waals surface area contributed by atoms with E-state index in [1.807, 2.05) is 12.3 Å². The van der Waals surface area contributed by atoms with E-state index in [0.717, 1.165) is 4.70 Å². The van der Waals surface area contributed by atoms with Gasteiger partial charge in [0.05, 0.1) is 10.1 Å². The van der Waals surface area contributed by atoms with Gasteiger partial charge in [-0.15, -0.1) is 11.3 Å². The average Bonchev–Trinajstić information content (AvgIpc) is 2.70. The molecule has 5 heteroatoms. The molecule has 2 rings (SSSR count). The Labute approximate surface area is 110 Å². The summed E-state index contributed by atoms with van der Waals surface area (Å²) in [5.41, 5.74) is -0.738. The molecule has 0 spiro atoms. The van der Waals surface area contributed by atoms with Gasteiger partial charge in [-0.25, -0.2) is 0 Å². The molecule has 2 aromatic rings. The first kappa shape index (κ1) is 13.0. The highest BCUT2D eigenvalue weighted by Gasteiger charge is 2.26. The van der Waals surface area contributed by atoms with Crippen LogP contribution in [0.1, 0.15) is 18.7 Å². The summed E-state index contributed by atoms with van der Waals surface area (Å²) in [6.45, 7) is 4.58. The molecule has 2 N–H and O–H groups in total. The number of aromatic nitrogens is 1. The highest BCUT2D eigenvalue weighted by molar-refractivity contribution is 7.19. The number of nitrogens with one attached hydrogen (secondary N) is 1. The lowest BCUT2D eigenvalue weighted by Crippen LogP contribution is -2.35. The van der Waals surface area contributed by atoms with E-state index in [0.29, 0.717) is 13.1 Å². The van der Waals surface area contributed by atoms with Crippen LogP contribution in [0.4, 0.5) is 0 Å². The minimum Gasteiger partial charge on any atom is -0.481 e. The van der Waals surface area contributed by atoms with Crippen molar-refractivity contribution in [3.8, 4) is 0 Å². The van der Waals surface area contributed by atoms with E-state index in [-0.39, 0.29) is 0 Å². The Morgan fingerprint density at radius 1 is 1.56 bits per heavy atom. The van der Waals surface area contributed by atoms with Crippen molar-refractivity contribution in [3.63, 3.8) is 0 Å². The summed E-state index contributed by atoms with van der Waals surface area (Å²) in [7, 11) is 0. The van der Waals surface area contributed by atoms with Crippen molar-refractivity contribution < 1.29 is 9.90 Å². The second-order valence-corrected chi connectivity index (χ2v) is 6.09. The molecule has 0 saturated heterocycles. The Kier molecular flexibility index (Phi) is 3.63. The minimum atomic E-state index is -0.782. The zero-order valence-corrected chi connectivity index (χ0v) is 11.3. The van der Waals surface area contributed by atoms with Crippen LogP contribution >= 0.6 is 11.3 Å². The van der Waals surface area contributed by atoms with Gasteiger partial charge < -0.3 is 10.4 Å². The van der Waals surface area contributed by atoms with Gasteiger partial charge in [0, 0.05) is 30.4 Å². The summed E-state index contributed by atoms with van der Waals surface area (Å²) in [6.07, 6.45) is 3.63. The summed E-state index contributed by atoms with van der Waals surface area (Å²) >= 11 is 1.68. The van der Waals surface area contributed by atoms with E-state index in [2.05, 4.69) is 16.4 Å². The van der Waals surface area contributed by atoms with Gasteiger partial charge in [-0.3, -0.25) is 9.78 Å². The number of hydrogen-bond acceptors (Lipinski definition) is 4. The number of fused-ring (bicyclic) bond motifs is 1. The van der Waals surface area contributed by atoms with Gasteiger partial charge in [0.1, 0.15) is 0 Å². The quantitative estimate of drug-likeness (QED) is 0.871. The molecule has 18 heavy (non-hydrogen) atoms. The lowest BCUT2D eigenvalue weighted by atomic mass is 9.94. The Morgan fingerprint density at radius 3 is 3.00 bits per heavy atom. The van der Waals surface area contributed by atoms with Crippen LogP contribution in [-0.2, 0) is 11.3 Å². The van der Waals surface area contributed by atoms with Crippen molar-refractivity contribution in [2.45, 2.75) is 20.4 Å². The third kappa shape index (κ3) is 2.86. The maximum atomic E-state index is 11.0. The Balaban J connectivity index is 1.96. The van der Waals surface area contributed by atoms with Crippen LogP contribution in [0.2, 0.25) is 0 Å². The van der Waals surface area contributed by atoms with E-state index in [1.54, 1.807) is 31.4 Å². The van der Waals surface area contributed by atoms with Crippen molar-refractivity contribution >= 4 is 27.4 Å². The van der Waals surface area contributed by atoms with Crippen molar-refractivity contribution in [1.29, 1.82) is 0 Å². The van der Waals surface area contributed by atoms with Crippen molar-refractivity contribution in [1.82, 2.24) is 10.3 Å². The maximum Gasteiger partial charge on any atom is 0.310 e. The monoisotopic (exact) mass is 264 g/mol. The summed E-state index contributed by atoms with van der Waals surface area (Å²) in [4.78, 5) is 16.2. The third-order valence-electron chi connectivity index (χ3n) is 2.82. The summed E-state index contributed by atoms with van der Waals surface area (Å²) < 4.78 is 1.16. The fraction of sp³-hybridized carbons (Fsp3) is 0.385. The molecule has 0 aromatic carbocycles. The number of thiophene rings is 1. The van der Waals surface area contributed by atoms with E-state index < -0.39 is 11.4 Å². The second kappa shape index (κ2) is 5.04. The first-order valence-corrected chi connectivity index (χ1v) is 6.57. The molecule has 0 fully saturated rings. The van der Waals surface area contributed by atoms with E-state index in [1.165, 1.54) is 10.3 Å². The SMILES string of the molecule is CC(C)(CNCc1cc2ccncc2s1)C(=O)O. The minimum absolute atomic E-state index is 0.453. The molecule has 2 aromatic heterocycles. The largest absolute Gasteiger partial charge is 0.481 e. The summed E-state index contributed by atoms with van der Waals surface area (Å²) in [5, 5.41) is 13.4. The first-order valence-electron chi connectivity index (χ1n) is 5.75. The maximum absolute atomic E-state index is 11.0. The van der Waals surface area contributed by atoms with Crippen LogP contribution in [0.15, 0.2) is 24.5 Å². The number of carboxylic acid groups (broad SMARTS) is 1. The van der Waals surface area contributed by atoms with Crippen LogP contribution in [0.5, 0.6) is 0 Å². The Hall–Kier alpha value is -1.46. The fourth-order valence-corrected chi connectivity index (χ4v) is 2.60. The lowest BCUT2D eigenvalue weighted by Gasteiger charge is -2.19. The van der Waals surface area contributed by atoms with Gasteiger partial charge in [-0.05, 0) is 31.4 Å². The highest BCUT2D eigenvalue weighted by Crippen LogP contribution is 2.24. The molecular weight excluding hydrogens is 248 g/mol. The van der Waals surface area contributed by atoms with Crippen LogP contribution in [-0.4, -0.2) is 22.6 Å². The molecular formula is C13H16N2O2S. The molecule has 0 amide bonds. The van der Waals surface area contributed by atoms with Crippen LogP contribution in [0.3, 0.4) is 0 Å². The van der Waals surface area contributed by atoms with Crippen molar-refractivity contribution in [2.24, 2.45) is 5.41 Å². The Bertz CT molecular complexity index is 530. The molecule has 2 heterocycles. The number of hydrogen-bond donors (Lipinski definition) is 2. The lowest BCUT2D eigenvalue weighted by molar-refractivity contribution is -0.146. The second-order valence-electron chi connectivity index (χ2n) is 4.92. The fourth-order valence-electron chi connectivity index (χ4n) is 1.60. The molecule has 0 aliphatic heterocycles. The van der Waals surface area contributed by atoms with Crippen LogP contribution < -0.4 is 5.32 Å². The smallest absolute Gasteiger partial charge is 0.310 e. The van der Waals surface area contributed by atoms with Crippen LogP contribution in [0, 0.1) is 5.41 Å². The first-order chi connectivity index (χ1) is 8.49. The molecule has 0 saturated carbocycles. The van der Waals surface area contributed by atoms with Gasteiger partial charge in [0.15, 0.2) is 0 Å². The number of rotatable bonds is 5. The van der Waals surface area contributed by atoms with Gasteiger partial charge in [-0.2, -0.15) is 0 Å². The zero-order valence-electron chi connectivity index (χ0n) is 10.4. The van der Waals surface area contributed by atoms with E-state index in [4.69, 9.17) is 5.11 Å². The van der Waals surface area contributed by atoms with Crippen molar-refractivity contribution in [2.75, 3.05) is 6.54 Å². The molecule has 0 atom stereocenters. The normalized spacial score (nSPS) is 11.9. The predicted octanol–water partition coefficient (Wildman–Crippen LogP) is 2.50. The molecule has 0 bridgehead atoms. The molecule has 0 aliphatic rings. The predicted molar refractivity (Wildman–Crippen MR) is 72.7 cm³/mol. The third-order valence-corrected chi connectivity index (χ3v) is 3.90. The number of aliphatic carboxylic acids is 1. The Morgan fingerprint density at radius 2 is 2.33 bits per heavy atom. The van der Waals surface area contributed by atoms with Crippen LogP contribution in [0.25, 0.3) is 10.1 Å². The van der Waals surface area contributed by atoms with Gasteiger partial charge >= 0.3 is 5.97 Å². The number of carboxylic acids is 1. The topological polar surface area (TPSA) is 62.2 Å². The molecule has 0 unspecified atom stereocenters. The number of pyridine rings is 1. The van der Waals surface area contributed by atoms with Gasteiger partial charge in [-0.1, -0.05) is 0 Å². The highest BCUT2D eigenvalue weighted by atomic mass is 32.1. The number of carbonyl (C=O) groups is 1. The van der Waals surface area contributed by atoms with Gasteiger partial charge in [0.2, 0.25) is 0 Å². The molecule has 0 radical (unpaired) electrons.